The number of nitrogens with zero attached hydrogens (tertiary/aromatic N) is 1. The summed E-state index contributed by atoms with van der Waals surface area (Å²) in [6.07, 6.45) is 1.82. The number of fused-ring (bicyclic) bond motifs is 1. The number of carbonyl (C=O) groups is 1. The molecule has 0 saturated carbocycles. The van der Waals surface area contributed by atoms with E-state index in [2.05, 4.69) is 0 Å². The van der Waals surface area contributed by atoms with Gasteiger partial charge in [-0.05, 0) is 55.0 Å². The van der Waals surface area contributed by atoms with Crippen molar-refractivity contribution in [1.82, 2.24) is 0 Å². The molecule has 0 aliphatic carbocycles. The van der Waals surface area contributed by atoms with Crippen molar-refractivity contribution in [3.63, 3.8) is 0 Å². The van der Waals surface area contributed by atoms with Crippen molar-refractivity contribution in [2.75, 3.05) is 18.3 Å². The van der Waals surface area contributed by atoms with Crippen LogP contribution in [0, 0.1) is 0 Å². The standard InChI is InChI=1S/C19H15NO4S2/c1-2-22-14-6-4-13(5-7-14)20-18(21)17(26-19(20)25)10-12-3-8-15-16(9-12)24-11-23-15/h3-10H,2,11H2,1H3/b17-10+. The molecular weight excluding hydrogens is 370 g/mol. The van der Waals surface area contributed by atoms with Crippen LogP contribution >= 0.6 is 24.0 Å². The summed E-state index contributed by atoms with van der Waals surface area (Å²) in [5, 5.41) is 0. The highest BCUT2D eigenvalue weighted by atomic mass is 32.2. The first-order valence-corrected chi connectivity index (χ1v) is 9.28. The average molecular weight is 385 g/mol. The van der Waals surface area contributed by atoms with Crippen molar-refractivity contribution >= 4 is 46.0 Å². The van der Waals surface area contributed by atoms with Gasteiger partial charge in [0.2, 0.25) is 6.79 Å². The van der Waals surface area contributed by atoms with E-state index >= 15 is 0 Å². The van der Waals surface area contributed by atoms with Gasteiger partial charge in [0, 0.05) is 0 Å². The van der Waals surface area contributed by atoms with E-state index in [1.165, 1.54) is 16.7 Å². The Kier molecular flexibility index (Phi) is 4.57. The second-order valence-corrected chi connectivity index (χ2v) is 7.23. The Morgan fingerprint density at radius 1 is 1.19 bits per heavy atom. The minimum atomic E-state index is -0.137. The summed E-state index contributed by atoms with van der Waals surface area (Å²) in [6, 6.07) is 12.9. The third-order valence-electron chi connectivity index (χ3n) is 3.89. The lowest BCUT2D eigenvalue weighted by atomic mass is 10.2. The number of thiocarbonyl (C=S) groups is 1. The lowest BCUT2D eigenvalue weighted by Crippen LogP contribution is -2.27. The Morgan fingerprint density at radius 3 is 2.73 bits per heavy atom. The van der Waals surface area contributed by atoms with Gasteiger partial charge in [-0.1, -0.05) is 30.0 Å². The Labute approximate surface area is 160 Å². The molecule has 1 amide bonds. The molecule has 26 heavy (non-hydrogen) atoms. The number of anilines is 1. The number of hydrogen-bond acceptors (Lipinski definition) is 6. The smallest absolute Gasteiger partial charge is 0.270 e. The van der Waals surface area contributed by atoms with E-state index in [4.69, 9.17) is 26.4 Å². The molecule has 2 heterocycles. The van der Waals surface area contributed by atoms with Gasteiger partial charge in [0.15, 0.2) is 15.8 Å². The average Bonchev–Trinajstić information content (AvgIpc) is 3.20. The molecule has 1 saturated heterocycles. The van der Waals surface area contributed by atoms with E-state index in [0.717, 1.165) is 17.0 Å². The number of rotatable bonds is 4. The van der Waals surface area contributed by atoms with E-state index in [9.17, 15) is 4.79 Å². The molecule has 1 fully saturated rings. The van der Waals surface area contributed by atoms with Gasteiger partial charge in [0.25, 0.3) is 5.91 Å². The summed E-state index contributed by atoms with van der Waals surface area (Å²) >= 11 is 6.69. The molecule has 7 heteroatoms. The highest BCUT2D eigenvalue weighted by Gasteiger charge is 2.33. The van der Waals surface area contributed by atoms with Gasteiger partial charge in [-0.3, -0.25) is 9.69 Å². The molecule has 0 radical (unpaired) electrons. The molecule has 0 unspecified atom stereocenters. The number of thioether (sulfide) groups is 1. The first kappa shape index (κ1) is 16.9. The van der Waals surface area contributed by atoms with Crippen molar-refractivity contribution in [3.8, 4) is 17.2 Å². The van der Waals surface area contributed by atoms with Crippen molar-refractivity contribution < 1.29 is 19.0 Å². The number of amides is 1. The first-order valence-electron chi connectivity index (χ1n) is 8.06. The number of ether oxygens (including phenoxy) is 3. The molecule has 2 aliphatic rings. The molecule has 132 valence electrons. The van der Waals surface area contributed by atoms with Crippen LogP contribution in [-0.2, 0) is 4.79 Å². The van der Waals surface area contributed by atoms with Crippen LogP contribution in [0.3, 0.4) is 0 Å². The van der Waals surface area contributed by atoms with E-state index < -0.39 is 0 Å². The normalized spacial score (nSPS) is 17.3. The molecule has 5 nitrogen and oxygen atoms in total. The van der Waals surface area contributed by atoms with E-state index in [-0.39, 0.29) is 12.7 Å². The molecule has 0 atom stereocenters. The zero-order valence-electron chi connectivity index (χ0n) is 13.9. The molecule has 0 spiro atoms. The van der Waals surface area contributed by atoms with Gasteiger partial charge in [0.05, 0.1) is 17.2 Å². The second kappa shape index (κ2) is 7.01. The van der Waals surface area contributed by atoms with Gasteiger partial charge in [-0.25, -0.2) is 0 Å². The van der Waals surface area contributed by atoms with E-state index in [1.807, 2.05) is 55.5 Å². The monoisotopic (exact) mass is 385 g/mol. The molecule has 0 aromatic heterocycles. The van der Waals surface area contributed by atoms with Crippen LogP contribution < -0.4 is 19.1 Å². The quantitative estimate of drug-likeness (QED) is 0.580. The Morgan fingerprint density at radius 2 is 1.96 bits per heavy atom. The highest BCUT2D eigenvalue weighted by Crippen LogP contribution is 2.38. The van der Waals surface area contributed by atoms with Crippen LogP contribution in [0.15, 0.2) is 47.4 Å². The Balaban J connectivity index is 1.58. The summed E-state index contributed by atoms with van der Waals surface area (Å²) < 4.78 is 16.6. The molecule has 0 N–H and O–H groups in total. The van der Waals surface area contributed by atoms with E-state index in [1.54, 1.807) is 0 Å². The van der Waals surface area contributed by atoms with Gasteiger partial charge in [-0.2, -0.15) is 0 Å². The summed E-state index contributed by atoms with van der Waals surface area (Å²) in [7, 11) is 0. The minimum Gasteiger partial charge on any atom is -0.494 e. The molecule has 2 aromatic carbocycles. The molecule has 4 rings (SSSR count). The van der Waals surface area contributed by atoms with Gasteiger partial charge in [-0.15, -0.1) is 0 Å². The van der Waals surface area contributed by atoms with Crippen LogP contribution in [0.25, 0.3) is 6.08 Å². The first-order chi connectivity index (χ1) is 12.7. The largest absolute Gasteiger partial charge is 0.494 e. The highest BCUT2D eigenvalue weighted by molar-refractivity contribution is 8.27. The van der Waals surface area contributed by atoms with Crippen molar-refractivity contribution in [2.45, 2.75) is 6.92 Å². The maximum absolute atomic E-state index is 12.8. The number of carbonyl (C=O) groups excluding carboxylic acids is 1. The Bertz CT molecular complexity index is 908. The predicted molar refractivity (Wildman–Crippen MR) is 106 cm³/mol. The second-order valence-electron chi connectivity index (χ2n) is 5.56. The summed E-state index contributed by atoms with van der Waals surface area (Å²) in [5.41, 5.74) is 1.59. The summed E-state index contributed by atoms with van der Waals surface area (Å²) in [6.45, 7) is 2.74. The van der Waals surface area contributed by atoms with Crippen LogP contribution in [-0.4, -0.2) is 23.6 Å². The zero-order chi connectivity index (χ0) is 18.1. The molecule has 2 aliphatic heterocycles. The SMILES string of the molecule is CCOc1ccc(N2C(=O)/C(=C\c3ccc4c(c3)OCO4)SC2=S)cc1. The zero-order valence-corrected chi connectivity index (χ0v) is 15.6. The summed E-state index contributed by atoms with van der Waals surface area (Å²) in [4.78, 5) is 14.9. The predicted octanol–water partition coefficient (Wildman–Crippen LogP) is 4.22. The summed E-state index contributed by atoms with van der Waals surface area (Å²) in [5.74, 6) is 2.02. The van der Waals surface area contributed by atoms with Crippen LogP contribution in [0.4, 0.5) is 5.69 Å². The maximum Gasteiger partial charge on any atom is 0.270 e. The third kappa shape index (κ3) is 3.15. The van der Waals surface area contributed by atoms with Crippen LogP contribution in [0.1, 0.15) is 12.5 Å². The topological polar surface area (TPSA) is 48.0 Å². The maximum atomic E-state index is 12.8. The van der Waals surface area contributed by atoms with Crippen LogP contribution in [0.2, 0.25) is 0 Å². The fourth-order valence-corrected chi connectivity index (χ4v) is 4.00. The Hall–Kier alpha value is -2.51. The van der Waals surface area contributed by atoms with Gasteiger partial charge in [0.1, 0.15) is 5.75 Å². The van der Waals surface area contributed by atoms with Crippen molar-refractivity contribution in [2.24, 2.45) is 0 Å². The van der Waals surface area contributed by atoms with Gasteiger partial charge >= 0.3 is 0 Å². The lowest BCUT2D eigenvalue weighted by molar-refractivity contribution is -0.113. The fraction of sp³-hybridized carbons (Fsp3) is 0.158. The van der Waals surface area contributed by atoms with Crippen molar-refractivity contribution in [3.05, 3.63) is 52.9 Å². The minimum absolute atomic E-state index is 0.137. The number of benzene rings is 2. The van der Waals surface area contributed by atoms with Crippen LogP contribution in [0.5, 0.6) is 17.2 Å². The fourth-order valence-electron chi connectivity index (χ4n) is 2.70. The van der Waals surface area contributed by atoms with E-state index in [0.29, 0.717) is 27.3 Å². The van der Waals surface area contributed by atoms with Gasteiger partial charge < -0.3 is 14.2 Å². The molecule has 0 bridgehead atoms. The molecular formula is C19H15NO4S2. The van der Waals surface area contributed by atoms with Crippen molar-refractivity contribution in [1.29, 1.82) is 0 Å². The molecule has 2 aromatic rings. The lowest BCUT2D eigenvalue weighted by Gasteiger charge is -2.15. The third-order valence-corrected chi connectivity index (χ3v) is 5.20. The number of hydrogen-bond donors (Lipinski definition) is 0.